The van der Waals surface area contributed by atoms with Crippen molar-refractivity contribution in [2.75, 3.05) is 7.11 Å². The fourth-order valence-corrected chi connectivity index (χ4v) is 2.47. The number of carboxylic acids is 1. The topological polar surface area (TPSA) is 88.0 Å². The van der Waals surface area contributed by atoms with E-state index in [-0.39, 0.29) is 12.3 Å². The maximum Gasteiger partial charge on any atom is 0.303 e. The van der Waals surface area contributed by atoms with Crippen LogP contribution < -0.4 is 10.2 Å². The molecule has 0 aromatic heterocycles. The smallest absolute Gasteiger partial charge is 0.303 e. The molecule has 0 bridgehead atoms. The molecule has 0 fully saturated rings. The Bertz CT molecular complexity index is 561. The molecule has 0 saturated carbocycles. The van der Waals surface area contributed by atoms with E-state index < -0.39 is 5.97 Å². The van der Waals surface area contributed by atoms with Gasteiger partial charge in [0.2, 0.25) is 5.91 Å². The van der Waals surface area contributed by atoms with Crippen molar-refractivity contribution in [3.63, 3.8) is 0 Å². The van der Waals surface area contributed by atoms with Crippen LogP contribution in [-0.2, 0) is 9.59 Å². The fraction of sp³-hybridized carbons (Fsp3) is 0.438. The molecule has 6 nitrogen and oxygen atoms in total. The van der Waals surface area contributed by atoms with Gasteiger partial charge < -0.3 is 9.84 Å². The Hall–Kier alpha value is -1.89. The van der Waals surface area contributed by atoms with Crippen molar-refractivity contribution >= 4 is 34.0 Å². The number of carboxylic acid groups (broad SMARTS) is 1. The van der Waals surface area contributed by atoms with E-state index in [0.717, 1.165) is 35.0 Å². The third kappa shape index (κ3) is 8.35. The maximum absolute atomic E-state index is 11.6. The van der Waals surface area contributed by atoms with Gasteiger partial charge >= 0.3 is 5.97 Å². The summed E-state index contributed by atoms with van der Waals surface area (Å²) in [6.07, 6.45) is 5.19. The van der Waals surface area contributed by atoms with Crippen LogP contribution in [0.5, 0.6) is 5.75 Å². The Balaban J connectivity index is 2.22. The second kappa shape index (κ2) is 10.8. The Morgan fingerprint density at radius 1 is 1.26 bits per heavy atom. The SMILES string of the molecule is COc1ccc(/C=N/NC(=O)CCCCCCC(=O)O)cc1Br. The molecule has 7 heteroatoms. The quantitative estimate of drug-likeness (QED) is 0.367. The molecule has 0 aliphatic carbocycles. The van der Waals surface area contributed by atoms with E-state index in [2.05, 4.69) is 26.5 Å². The van der Waals surface area contributed by atoms with Crippen molar-refractivity contribution in [2.45, 2.75) is 38.5 Å². The van der Waals surface area contributed by atoms with Crippen LogP contribution in [0.3, 0.4) is 0 Å². The Kier molecular flexibility index (Phi) is 8.97. The highest BCUT2D eigenvalue weighted by molar-refractivity contribution is 9.10. The normalized spacial score (nSPS) is 10.7. The van der Waals surface area contributed by atoms with Crippen LogP contribution in [0.4, 0.5) is 0 Å². The van der Waals surface area contributed by atoms with Gasteiger partial charge in [-0.25, -0.2) is 5.43 Å². The number of nitrogens with one attached hydrogen (secondary N) is 1. The zero-order valence-electron chi connectivity index (χ0n) is 13.0. The zero-order valence-corrected chi connectivity index (χ0v) is 14.6. The molecule has 0 radical (unpaired) electrons. The second-order valence-corrected chi connectivity index (χ2v) is 5.85. The van der Waals surface area contributed by atoms with Gasteiger partial charge in [0.15, 0.2) is 0 Å². The van der Waals surface area contributed by atoms with Crippen LogP contribution in [0.25, 0.3) is 0 Å². The average molecular weight is 385 g/mol. The van der Waals surface area contributed by atoms with E-state index in [0.29, 0.717) is 12.8 Å². The van der Waals surface area contributed by atoms with Crippen LogP contribution in [0, 0.1) is 0 Å². The lowest BCUT2D eigenvalue weighted by Gasteiger charge is -2.03. The van der Waals surface area contributed by atoms with Crippen LogP contribution in [0.1, 0.15) is 44.1 Å². The lowest BCUT2D eigenvalue weighted by atomic mass is 10.1. The number of aliphatic carboxylic acids is 1. The third-order valence-electron chi connectivity index (χ3n) is 3.12. The van der Waals surface area contributed by atoms with Crippen molar-refractivity contribution in [1.82, 2.24) is 5.43 Å². The molecule has 1 aromatic rings. The first kappa shape index (κ1) is 19.2. The van der Waals surface area contributed by atoms with E-state index in [4.69, 9.17) is 9.84 Å². The van der Waals surface area contributed by atoms with Gasteiger partial charge in [-0.2, -0.15) is 5.10 Å². The first-order valence-electron chi connectivity index (χ1n) is 7.40. The number of carbonyl (C=O) groups excluding carboxylic acids is 1. The van der Waals surface area contributed by atoms with Crippen molar-refractivity contribution in [3.8, 4) is 5.75 Å². The van der Waals surface area contributed by atoms with E-state index >= 15 is 0 Å². The molecule has 1 rings (SSSR count). The first-order chi connectivity index (χ1) is 11.0. The van der Waals surface area contributed by atoms with E-state index in [9.17, 15) is 9.59 Å². The highest BCUT2D eigenvalue weighted by Crippen LogP contribution is 2.24. The van der Waals surface area contributed by atoms with Gasteiger partial charge in [-0.05, 0) is 52.5 Å². The second-order valence-electron chi connectivity index (χ2n) is 5.00. The number of amides is 1. The number of benzene rings is 1. The summed E-state index contributed by atoms with van der Waals surface area (Å²) in [5.41, 5.74) is 3.32. The standard InChI is InChI=1S/C16H21BrN2O4/c1-23-14-9-8-12(10-13(14)17)11-18-19-15(20)6-4-2-3-5-7-16(21)22/h8-11H,2-7H2,1H3,(H,19,20)(H,21,22)/b18-11+. The van der Waals surface area contributed by atoms with E-state index in [1.165, 1.54) is 0 Å². The predicted molar refractivity (Wildman–Crippen MR) is 91.8 cm³/mol. The summed E-state index contributed by atoms with van der Waals surface area (Å²) in [7, 11) is 1.59. The summed E-state index contributed by atoms with van der Waals surface area (Å²) in [4.78, 5) is 21.9. The van der Waals surface area contributed by atoms with Crippen molar-refractivity contribution in [3.05, 3.63) is 28.2 Å². The number of nitrogens with zero attached hydrogens (tertiary/aromatic N) is 1. The van der Waals surface area contributed by atoms with Gasteiger partial charge in [0.05, 0.1) is 17.8 Å². The summed E-state index contributed by atoms with van der Waals surface area (Å²) in [6.45, 7) is 0. The summed E-state index contributed by atoms with van der Waals surface area (Å²) >= 11 is 3.38. The number of ether oxygens (including phenoxy) is 1. The third-order valence-corrected chi connectivity index (χ3v) is 3.74. The minimum atomic E-state index is -0.776. The number of methoxy groups -OCH3 is 1. The molecule has 0 spiro atoms. The number of hydrogen-bond acceptors (Lipinski definition) is 4. The molecule has 1 amide bonds. The number of halogens is 1. The van der Waals surface area contributed by atoms with Gasteiger partial charge in [0, 0.05) is 12.8 Å². The highest BCUT2D eigenvalue weighted by atomic mass is 79.9. The summed E-state index contributed by atoms with van der Waals surface area (Å²) in [5, 5.41) is 12.4. The molecule has 1 aromatic carbocycles. The number of hydrazone groups is 1. The van der Waals surface area contributed by atoms with Gasteiger partial charge in [-0.15, -0.1) is 0 Å². The van der Waals surface area contributed by atoms with Crippen LogP contribution in [0.15, 0.2) is 27.8 Å². The van der Waals surface area contributed by atoms with E-state index in [1.807, 2.05) is 18.2 Å². The van der Waals surface area contributed by atoms with Crippen LogP contribution >= 0.6 is 15.9 Å². The molecule has 0 unspecified atom stereocenters. The number of hydrogen-bond donors (Lipinski definition) is 2. The Morgan fingerprint density at radius 3 is 2.57 bits per heavy atom. The summed E-state index contributed by atoms with van der Waals surface area (Å²) in [5.74, 6) is -0.191. The molecule has 0 heterocycles. The van der Waals surface area contributed by atoms with Crippen LogP contribution in [0.2, 0.25) is 0 Å². The molecule has 23 heavy (non-hydrogen) atoms. The molecule has 0 aliphatic heterocycles. The zero-order chi connectivity index (χ0) is 17.1. The summed E-state index contributed by atoms with van der Waals surface area (Å²) in [6, 6.07) is 5.49. The largest absolute Gasteiger partial charge is 0.496 e. The van der Waals surface area contributed by atoms with Crippen LogP contribution in [-0.4, -0.2) is 30.3 Å². The van der Waals surface area contributed by atoms with Gasteiger partial charge in [-0.3, -0.25) is 9.59 Å². The number of rotatable bonds is 10. The minimum Gasteiger partial charge on any atom is -0.496 e. The number of carbonyl (C=O) groups is 2. The lowest BCUT2D eigenvalue weighted by Crippen LogP contribution is -2.16. The average Bonchev–Trinajstić information content (AvgIpc) is 2.50. The Morgan fingerprint density at radius 2 is 1.96 bits per heavy atom. The molecule has 0 aliphatic rings. The molecule has 2 N–H and O–H groups in total. The van der Waals surface area contributed by atoms with Gasteiger partial charge in [-0.1, -0.05) is 12.8 Å². The molecular formula is C16H21BrN2O4. The monoisotopic (exact) mass is 384 g/mol. The molecule has 126 valence electrons. The van der Waals surface area contributed by atoms with Crippen molar-refractivity contribution in [2.24, 2.45) is 5.10 Å². The van der Waals surface area contributed by atoms with Gasteiger partial charge in [0.25, 0.3) is 0 Å². The van der Waals surface area contributed by atoms with Crippen molar-refractivity contribution in [1.29, 1.82) is 0 Å². The molecule has 0 saturated heterocycles. The van der Waals surface area contributed by atoms with Crippen molar-refractivity contribution < 1.29 is 19.4 Å². The lowest BCUT2D eigenvalue weighted by molar-refractivity contribution is -0.137. The fourth-order valence-electron chi connectivity index (χ4n) is 1.91. The maximum atomic E-state index is 11.6. The number of unbranched alkanes of at least 4 members (excludes halogenated alkanes) is 3. The summed E-state index contributed by atoms with van der Waals surface area (Å²) < 4.78 is 5.95. The molecule has 0 atom stereocenters. The minimum absolute atomic E-state index is 0.146. The van der Waals surface area contributed by atoms with Gasteiger partial charge in [0.1, 0.15) is 5.75 Å². The molecular weight excluding hydrogens is 364 g/mol. The Labute approximate surface area is 144 Å². The first-order valence-corrected chi connectivity index (χ1v) is 8.19. The highest BCUT2D eigenvalue weighted by Gasteiger charge is 2.02. The predicted octanol–water partition coefficient (Wildman–Crippen LogP) is 3.33. The van der Waals surface area contributed by atoms with E-state index in [1.54, 1.807) is 13.3 Å².